The molecule has 0 atom stereocenters. The second kappa shape index (κ2) is 7.88. The van der Waals surface area contributed by atoms with Crippen molar-refractivity contribution in [2.75, 3.05) is 20.3 Å². The van der Waals surface area contributed by atoms with Crippen LogP contribution in [0.4, 0.5) is 8.78 Å². The van der Waals surface area contributed by atoms with E-state index in [1.54, 1.807) is 24.3 Å². The zero-order chi connectivity index (χ0) is 17.7. The Balaban J connectivity index is 2.33. The van der Waals surface area contributed by atoms with Crippen molar-refractivity contribution < 1.29 is 23.4 Å². The Morgan fingerprint density at radius 3 is 2.58 bits per heavy atom. The summed E-state index contributed by atoms with van der Waals surface area (Å²) in [5.41, 5.74) is 0.680. The summed E-state index contributed by atoms with van der Waals surface area (Å²) in [6.07, 6.45) is 0. The molecule has 1 N–H and O–H groups in total. The highest BCUT2D eigenvalue weighted by molar-refractivity contribution is 5.94. The van der Waals surface area contributed by atoms with Gasteiger partial charge in [-0.1, -0.05) is 18.2 Å². The summed E-state index contributed by atoms with van der Waals surface area (Å²) in [6, 6.07) is 9.00. The van der Waals surface area contributed by atoms with Gasteiger partial charge in [-0.3, -0.25) is 4.79 Å². The molecule has 0 radical (unpaired) electrons. The maximum Gasteiger partial charge on any atom is 0.257 e. The molecule has 0 aliphatic heterocycles. The van der Waals surface area contributed by atoms with E-state index in [4.69, 9.17) is 4.74 Å². The van der Waals surface area contributed by atoms with Gasteiger partial charge in [0.2, 0.25) is 0 Å². The van der Waals surface area contributed by atoms with E-state index in [0.29, 0.717) is 11.8 Å². The lowest BCUT2D eigenvalue weighted by Gasteiger charge is -2.23. The van der Waals surface area contributed by atoms with Gasteiger partial charge >= 0.3 is 0 Å². The maximum absolute atomic E-state index is 14.0. The third-order valence-electron chi connectivity index (χ3n) is 3.69. The van der Waals surface area contributed by atoms with Crippen molar-refractivity contribution in [3.05, 3.63) is 64.7 Å². The van der Waals surface area contributed by atoms with Crippen LogP contribution in [0.1, 0.15) is 21.5 Å². The molecule has 1 amide bonds. The van der Waals surface area contributed by atoms with Crippen LogP contribution in [0.2, 0.25) is 0 Å². The molecule has 4 nitrogen and oxygen atoms in total. The lowest BCUT2D eigenvalue weighted by Crippen LogP contribution is -2.34. The SMILES string of the molecule is COc1ccccc1CN(CCO)C(=O)c1cc(C)c(F)cc1F. The van der Waals surface area contributed by atoms with Crippen molar-refractivity contribution >= 4 is 5.91 Å². The number of rotatable bonds is 6. The van der Waals surface area contributed by atoms with Crippen molar-refractivity contribution in [3.8, 4) is 5.75 Å². The van der Waals surface area contributed by atoms with E-state index >= 15 is 0 Å². The Bertz CT molecular complexity index is 734. The lowest BCUT2D eigenvalue weighted by atomic mass is 10.1. The Kier molecular flexibility index (Phi) is 5.87. The Hall–Kier alpha value is -2.47. The maximum atomic E-state index is 14.0. The van der Waals surface area contributed by atoms with Gasteiger partial charge in [-0.05, 0) is 24.6 Å². The number of aryl methyl sites for hydroxylation is 1. The number of amides is 1. The first-order valence-corrected chi connectivity index (χ1v) is 7.45. The minimum atomic E-state index is -0.925. The van der Waals surface area contributed by atoms with E-state index in [1.807, 2.05) is 0 Å². The molecule has 2 rings (SSSR count). The Labute approximate surface area is 139 Å². The molecule has 128 valence electrons. The zero-order valence-electron chi connectivity index (χ0n) is 13.6. The van der Waals surface area contributed by atoms with Gasteiger partial charge in [0.1, 0.15) is 17.4 Å². The molecule has 24 heavy (non-hydrogen) atoms. The lowest BCUT2D eigenvalue weighted by molar-refractivity contribution is 0.0701. The first-order chi connectivity index (χ1) is 11.5. The fourth-order valence-corrected chi connectivity index (χ4v) is 2.40. The molecule has 0 heterocycles. The molecular weight excluding hydrogens is 316 g/mol. The van der Waals surface area contributed by atoms with Crippen molar-refractivity contribution in [1.82, 2.24) is 4.90 Å². The third-order valence-corrected chi connectivity index (χ3v) is 3.69. The summed E-state index contributed by atoms with van der Waals surface area (Å²) in [4.78, 5) is 13.9. The minimum absolute atomic E-state index is 0.0206. The molecule has 0 saturated heterocycles. The van der Waals surface area contributed by atoms with Crippen LogP contribution < -0.4 is 4.74 Å². The molecule has 0 fully saturated rings. The number of benzene rings is 2. The van der Waals surface area contributed by atoms with Crippen LogP contribution in [0.5, 0.6) is 5.75 Å². The molecule has 0 aromatic heterocycles. The molecule has 2 aromatic carbocycles. The Morgan fingerprint density at radius 1 is 1.21 bits per heavy atom. The molecular formula is C18H19F2NO3. The second-order valence-corrected chi connectivity index (χ2v) is 5.34. The van der Waals surface area contributed by atoms with E-state index in [0.717, 1.165) is 5.56 Å². The summed E-state index contributed by atoms with van der Waals surface area (Å²) in [7, 11) is 1.51. The highest BCUT2D eigenvalue weighted by atomic mass is 19.1. The number of carbonyl (C=O) groups is 1. The van der Waals surface area contributed by atoms with Crippen LogP contribution >= 0.6 is 0 Å². The van der Waals surface area contributed by atoms with Gasteiger partial charge in [0.25, 0.3) is 5.91 Å². The average Bonchev–Trinajstić information content (AvgIpc) is 2.57. The van der Waals surface area contributed by atoms with Crippen LogP contribution in [-0.2, 0) is 6.54 Å². The van der Waals surface area contributed by atoms with Gasteiger partial charge in [-0.25, -0.2) is 8.78 Å². The van der Waals surface area contributed by atoms with E-state index < -0.39 is 17.5 Å². The average molecular weight is 335 g/mol. The predicted octanol–water partition coefficient (Wildman–Crippen LogP) is 2.92. The van der Waals surface area contributed by atoms with Crippen molar-refractivity contribution in [1.29, 1.82) is 0 Å². The van der Waals surface area contributed by atoms with Crippen molar-refractivity contribution in [2.24, 2.45) is 0 Å². The second-order valence-electron chi connectivity index (χ2n) is 5.34. The highest BCUT2D eigenvalue weighted by Gasteiger charge is 2.21. The van der Waals surface area contributed by atoms with E-state index in [2.05, 4.69) is 0 Å². The standard InChI is InChI=1S/C18H19F2NO3/c1-12-9-14(16(20)10-15(12)19)18(23)21(7-8-22)11-13-5-3-4-6-17(13)24-2/h3-6,9-10,22H,7-8,11H2,1-2H3. The summed E-state index contributed by atoms with van der Waals surface area (Å²) in [5.74, 6) is -1.66. The molecule has 0 aliphatic rings. The minimum Gasteiger partial charge on any atom is -0.496 e. The number of nitrogens with zero attached hydrogens (tertiary/aromatic N) is 1. The van der Waals surface area contributed by atoms with E-state index in [-0.39, 0.29) is 30.8 Å². The summed E-state index contributed by atoms with van der Waals surface area (Å²) < 4.78 is 32.6. The van der Waals surface area contributed by atoms with Crippen LogP contribution in [0.15, 0.2) is 36.4 Å². The van der Waals surface area contributed by atoms with E-state index in [9.17, 15) is 18.7 Å². The van der Waals surface area contributed by atoms with Gasteiger partial charge in [0.05, 0.1) is 19.3 Å². The summed E-state index contributed by atoms with van der Waals surface area (Å²) in [6.45, 7) is 1.34. The first kappa shape index (κ1) is 17.9. The number of aliphatic hydroxyl groups is 1. The molecule has 0 spiro atoms. The number of hydrogen-bond donors (Lipinski definition) is 1. The quantitative estimate of drug-likeness (QED) is 0.883. The van der Waals surface area contributed by atoms with E-state index in [1.165, 1.54) is 25.0 Å². The van der Waals surface area contributed by atoms with Gasteiger partial charge in [0, 0.05) is 24.7 Å². The van der Waals surface area contributed by atoms with Crippen molar-refractivity contribution in [3.63, 3.8) is 0 Å². The fourth-order valence-electron chi connectivity index (χ4n) is 2.40. The van der Waals surface area contributed by atoms with Gasteiger partial charge < -0.3 is 14.7 Å². The highest BCUT2D eigenvalue weighted by Crippen LogP contribution is 2.22. The normalized spacial score (nSPS) is 10.5. The van der Waals surface area contributed by atoms with Crippen LogP contribution in [0.25, 0.3) is 0 Å². The van der Waals surface area contributed by atoms with Crippen LogP contribution in [0, 0.1) is 18.6 Å². The number of methoxy groups -OCH3 is 1. The number of halogens is 2. The number of aliphatic hydroxyl groups excluding tert-OH is 1. The third kappa shape index (κ3) is 3.89. The van der Waals surface area contributed by atoms with Crippen LogP contribution in [-0.4, -0.2) is 36.2 Å². The number of ether oxygens (including phenoxy) is 1. The van der Waals surface area contributed by atoms with Gasteiger partial charge in [0.15, 0.2) is 0 Å². The van der Waals surface area contributed by atoms with Gasteiger partial charge in [-0.15, -0.1) is 0 Å². The number of para-hydroxylation sites is 1. The molecule has 0 aliphatic carbocycles. The smallest absolute Gasteiger partial charge is 0.257 e. The summed E-state index contributed by atoms with van der Waals surface area (Å²) >= 11 is 0. The predicted molar refractivity (Wildman–Crippen MR) is 85.9 cm³/mol. The molecule has 0 unspecified atom stereocenters. The first-order valence-electron chi connectivity index (χ1n) is 7.45. The topological polar surface area (TPSA) is 49.8 Å². The molecule has 2 aromatic rings. The van der Waals surface area contributed by atoms with Crippen LogP contribution in [0.3, 0.4) is 0 Å². The monoisotopic (exact) mass is 335 g/mol. The fraction of sp³-hybridized carbons (Fsp3) is 0.278. The summed E-state index contributed by atoms with van der Waals surface area (Å²) in [5, 5.41) is 9.23. The van der Waals surface area contributed by atoms with Gasteiger partial charge in [-0.2, -0.15) is 0 Å². The number of hydrogen-bond acceptors (Lipinski definition) is 3. The number of carbonyl (C=O) groups excluding carboxylic acids is 1. The molecule has 6 heteroatoms. The molecule has 0 saturated carbocycles. The molecule has 0 bridgehead atoms. The Morgan fingerprint density at radius 2 is 1.92 bits per heavy atom. The van der Waals surface area contributed by atoms with Crippen molar-refractivity contribution in [2.45, 2.75) is 13.5 Å². The zero-order valence-corrected chi connectivity index (χ0v) is 13.6. The largest absolute Gasteiger partial charge is 0.496 e.